The Kier molecular flexibility index (Phi) is 4.65. The summed E-state index contributed by atoms with van der Waals surface area (Å²) in [5, 5.41) is 0. The molecule has 0 saturated carbocycles. The summed E-state index contributed by atoms with van der Waals surface area (Å²) >= 11 is 0. The third-order valence-electron chi connectivity index (χ3n) is 1.91. The van der Waals surface area contributed by atoms with Crippen molar-refractivity contribution in [3.63, 3.8) is 0 Å². The second-order valence-electron chi connectivity index (χ2n) is 3.20. The van der Waals surface area contributed by atoms with E-state index in [0.717, 1.165) is 12.8 Å². The maximum Gasteiger partial charge on any atom is 0.306 e. The molecule has 0 radical (unpaired) electrons. The van der Waals surface area contributed by atoms with E-state index in [1.54, 1.807) is 0 Å². The number of hydrogen-bond acceptors (Lipinski definition) is 0. The molecule has 84 valence electrons. The topological polar surface area (TPSA) is 0 Å². The monoisotopic (exact) mass is 224 g/mol. The van der Waals surface area contributed by atoms with Crippen LogP contribution in [0.3, 0.4) is 0 Å². The first-order valence-electron chi connectivity index (χ1n) is 4.95. The lowest BCUT2D eigenvalue weighted by Crippen LogP contribution is -1.81. The molecule has 0 aliphatic carbocycles. The molecule has 0 amide bonds. The molecule has 0 unspecified atom stereocenters. The van der Waals surface area contributed by atoms with E-state index in [0.29, 0.717) is 5.56 Å². The van der Waals surface area contributed by atoms with Gasteiger partial charge in [0.15, 0.2) is 5.83 Å². The highest BCUT2D eigenvalue weighted by Gasteiger charge is 2.07. The van der Waals surface area contributed by atoms with Crippen molar-refractivity contribution in [2.45, 2.75) is 19.8 Å². The fourth-order valence-electron chi connectivity index (χ4n) is 1.10. The average molecular weight is 224 g/mol. The molecular weight excluding hydrogens is 213 g/mol. The van der Waals surface area contributed by atoms with Crippen molar-refractivity contribution < 1.29 is 13.2 Å². The van der Waals surface area contributed by atoms with Gasteiger partial charge in [0.05, 0.1) is 0 Å². The van der Waals surface area contributed by atoms with Gasteiger partial charge in [0.2, 0.25) is 0 Å². The summed E-state index contributed by atoms with van der Waals surface area (Å²) in [6.45, 7) is 2.02. The summed E-state index contributed by atoms with van der Waals surface area (Å²) in [6, 6.07) is 5.65. The first-order chi connectivity index (χ1) is 7.65. The number of hydrogen-bond donors (Lipinski definition) is 0. The van der Waals surface area contributed by atoms with Gasteiger partial charge in [0, 0.05) is 17.5 Å². The quantitative estimate of drug-likeness (QED) is 0.654. The second kappa shape index (κ2) is 6.02. The third-order valence-corrected chi connectivity index (χ3v) is 1.91. The predicted octanol–water partition coefficient (Wildman–Crippen LogP) is 4.37. The molecule has 0 spiro atoms. The van der Waals surface area contributed by atoms with Gasteiger partial charge < -0.3 is 0 Å². The minimum absolute atomic E-state index is 0.124. The van der Waals surface area contributed by atoms with Crippen LogP contribution in [0.5, 0.6) is 0 Å². The summed E-state index contributed by atoms with van der Waals surface area (Å²) < 4.78 is 36.7. The van der Waals surface area contributed by atoms with E-state index in [1.165, 1.54) is 24.3 Å². The van der Waals surface area contributed by atoms with Crippen molar-refractivity contribution in [1.29, 1.82) is 0 Å². The summed E-state index contributed by atoms with van der Waals surface area (Å²) in [5.74, 6) is 4.31. The molecule has 0 atom stereocenters. The normalized spacial score (nSPS) is 9.25. The minimum atomic E-state index is -2.30. The van der Waals surface area contributed by atoms with Gasteiger partial charge in [0.25, 0.3) is 0 Å². The standard InChI is InChI=1S/C13H11F3/c1-2-3-4-5-10-6-8-11(9-7-10)12(14)13(15)16/h6-9H,2-3H2,1H3. The van der Waals surface area contributed by atoms with Crippen LogP contribution < -0.4 is 0 Å². The molecule has 16 heavy (non-hydrogen) atoms. The van der Waals surface area contributed by atoms with Gasteiger partial charge in [-0.05, 0) is 18.6 Å². The molecule has 1 aromatic carbocycles. The van der Waals surface area contributed by atoms with Gasteiger partial charge in [0.1, 0.15) is 0 Å². The Morgan fingerprint density at radius 3 is 2.25 bits per heavy atom. The van der Waals surface area contributed by atoms with Crippen molar-refractivity contribution >= 4 is 5.83 Å². The fourth-order valence-corrected chi connectivity index (χ4v) is 1.10. The van der Waals surface area contributed by atoms with E-state index in [2.05, 4.69) is 11.8 Å². The van der Waals surface area contributed by atoms with Gasteiger partial charge in [-0.25, -0.2) is 4.39 Å². The molecule has 3 heteroatoms. The zero-order valence-corrected chi connectivity index (χ0v) is 8.86. The van der Waals surface area contributed by atoms with Crippen molar-refractivity contribution in [3.05, 3.63) is 41.5 Å². The highest BCUT2D eigenvalue weighted by atomic mass is 19.3. The van der Waals surface area contributed by atoms with Crippen LogP contribution >= 0.6 is 0 Å². The van der Waals surface area contributed by atoms with Gasteiger partial charge >= 0.3 is 6.08 Å². The molecular formula is C13H11F3. The average Bonchev–Trinajstić information content (AvgIpc) is 2.29. The van der Waals surface area contributed by atoms with E-state index < -0.39 is 11.9 Å². The van der Waals surface area contributed by atoms with Crippen molar-refractivity contribution in [2.75, 3.05) is 0 Å². The van der Waals surface area contributed by atoms with E-state index in [1.807, 2.05) is 6.92 Å². The van der Waals surface area contributed by atoms with E-state index >= 15 is 0 Å². The van der Waals surface area contributed by atoms with Crippen LogP contribution in [0, 0.1) is 11.8 Å². The van der Waals surface area contributed by atoms with Crippen LogP contribution in [0.2, 0.25) is 0 Å². The Labute approximate surface area is 92.8 Å². The van der Waals surface area contributed by atoms with Crippen molar-refractivity contribution in [3.8, 4) is 11.8 Å². The zero-order chi connectivity index (χ0) is 12.0. The minimum Gasteiger partial charge on any atom is -0.200 e. The number of benzene rings is 1. The Balaban J connectivity index is 2.85. The van der Waals surface area contributed by atoms with Crippen LogP contribution in [0.4, 0.5) is 13.2 Å². The van der Waals surface area contributed by atoms with Gasteiger partial charge in [-0.3, -0.25) is 0 Å². The fraction of sp³-hybridized carbons (Fsp3) is 0.231. The number of rotatable bonds is 2. The van der Waals surface area contributed by atoms with Crippen molar-refractivity contribution in [1.82, 2.24) is 0 Å². The molecule has 0 saturated heterocycles. The maximum atomic E-state index is 12.8. The Morgan fingerprint density at radius 2 is 1.75 bits per heavy atom. The van der Waals surface area contributed by atoms with Gasteiger partial charge in [-0.15, -0.1) is 0 Å². The van der Waals surface area contributed by atoms with E-state index in [-0.39, 0.29) is 5.56 Å². The first kappa shape index (κ1) is 12.4. The molecule has 0 bridgehead atoms. The largest absolute Gasteiger partial charge is 0.306 e. The molecule has 1 aromatic rings. The molecule has 1 rings (SSSR count). The highest BCUT2D eigenvalue weighted by Crippen LogP contribution is 2.21. The molecule has 0 nitrogen and oxygen atoms in total. The molecule has 0 aliphatic heterocycles. The first-order valence-corrected chi connectivity index (χ1v) is 4.95. The summed E-state index contributed by atoms with van der Waals surface area (Å²) in [4.78, 5) is 0. The molecule has 0 fully saturated rings. The number of unbranched alkanes of at least 4 members (excludes halogenated alkanes) is 1. The van der Waals surface area contributed by atoms with Crippen LogP contribution in [0.25, 0.3) is 5.83 Å². The van der Waals surface area contributed by atoms with Gasteiger partial charge in [-0.1, -0.05) is 30.9 Å². The maximum absolute atomic E-state index is 12.8. The lowest BCUT2D eigenvalue weighted by Gasteiger charge is -1.96. The molecule has 0 N–H and O–H groups in total. The smallest absolute Gasteiger partial charge is 0.200 e. The summed E-state index contributed by atoms with van der Waals surface area (Å²) in [5.41, 5.74) is 0.574. The Hall–Kier alpha value is -1.69. The predicted molar refractivity (Wildman–Crippen MR) is 58.5 cm³/mol. The Bertz CT molecular complexity index is 428. The van der Waals surface area contributed by atoms with E-state index in [9.17, 15) is 13.2 Å². The van der Waals surface area contributed by atoms with Gasteiger partial charge in [-0.2, -0.15) is 8.78 Å². The Morgan fingerprint density at radius 1 is 1.12 bits per heavy atom. The molecule has 0 aromatic heterocycles. The molecule has 0 aliphatic rings. The van der Waals surface area contributed by atoms with Crippen molar-refractivity contribution in [2.24, 2.45) is 0 Å². The summed E-state index contributed by atoms with van der Waals surface area (Å²) in [6.07, 6.45) is -0.546. The number of halogens is 3. The third kappa shape index (κ3) is 3.47. The SMILES string of the molecule is CCCC#Cc1ccc(C(F)=C(F)F)cc1. The zero-order valence-electron chi connectivity index (χ0n) is 8.86. The van der Waals surface area contributed by atoms with Crippen LogP contribution in [0.1, 0.15) is 30.9 Å². The summed E-state index contributed by atoms with van der Waals surface area (Å²) in [7, 11) is 0. The lowest BCUT2D eigenvalue weighted by molar-refractivity contribution is 0.410. The van der Waals surface area contributed by atoms with Crippen LogP contribution in [-0.4, -0.2) is 0 Å². The highest BCUT2D eigenvalue weighted by molar-refractivity contribution is 5.60. The van der Waals surface area contributed by atoms with Crippen LogP contribution in [-0.2, 0) is 0 Å². The molecule has 0 heterocycles. The second-order valence-corrected chi connectivity index (χ2v) is 3.20. The lowest BCUT2D eigenvalue weighted by atomic mass is 10.1. The van der Waals surface area contributed by atoms with Crippen LogP contribution in [0.15, 0.2) is 30.3 Å². The van der Waals surface area contributed by atoms with E-state index in [4.69, 9.17) is 0 Å².